The van der Waals surface area contributed by atoms with Gasteiger partial charge >= 0.3 is 0 Å². The van der Waals surface area contributed by atoms with Crippen LogP contribution >= 0.6 is 11.8 Å². The number of carbonyl (C=O) groups is 2. The zero-order valence-corrected chi connectivity index (χ0v) is 15.9. The second-order valence-electron chi connectivity index (χ2n) is 7.32. The Hall–Kier alpha value is -1.87. The van der Waals surface area contributed by atoms with E-state index in [4.69, 9.17) is 4.74 Å². The van der Waals surface area contributed by atoms with E-state index in [9.17, 15) is 9.59 Å². The minimum absolute atomic E-state index is 0.0282. The molecule has 0 radical (unpaired) electrons. The maximum atomic E-state index is 12.9. The predicted octanol–water partition coefficient (Wildman–Crippen LogP) is 0.214. The highest BCUT2D eigenvalue weighted by molar-refractivity contribution is 7.99. The standard InChI is InChI=1S/C17H23N5O3S/c1-10(2)22-8-17-5-4-11(25-17)12(13(17)15(22)24)14(23)18-6-7-26-16-20-19-9-21(16)3/h4-5,9-13H,6-8H2,1-3H3,(H,18,23)/t11-,12-,13+,17-/m0/s1. The number of aryl methyl sites for hydroxylation is 1. The van der Waals surface area contributed by atoms with Gasteiger partial charge in [-0.15, -0.1) is 10.2 Å². The van der Waals surface area contributed by atoms with Crippen LogP contribution in [-0.2, 0) is 21.4 Å². The highest BCUT2D eigenvalue weighted by Crippen LogP contribution is 2.52. The molecule has 2 fully saturated rings. The maximum Gasteiger partial charge on any atom is 0.230 e. The van der Waals surface area contributed by atoms with E-state index in [0.29, 0.717) is 18.8 Å². The Balaban J connectivity index is 1.38. The Kier molecular flexibility index (Phi) is 4.31. The van der Waals surface area contributed by atoms with Crippen molar-refractivity contribution in [3.05, 3.63) is 18.5 Å². The van der Waals surface area contributed by atoms with Crippen LogP contribution in [0.1, 0.15) is 13.8 Å². The maximum absolute atomic E-state index is 12.9. The van der Waals surface area contributed by atoms with Crippen molar-refractivity contribution in [1.82, 2.24) is 25.0 Å². The third-order valence-corrected chi connectivity index (χ3v) is 6.39. The van der Waals surface area contributed by atoms with Crippen molar-refractivity contribution in [3.63, 3.8) is 0 Å². The van der Waals surface area contributed by atoms with Crippen LogP contribution in [0, 0.1) is 11.8 Å². The molecule has 0 unspecified atom stereocenters. The zero-order chi connectivity index (χ0) is 18.5. The zero-order valence-electron chi connectivity index (χ0n) is 15.1. The van der Waals surface area contributed by atoms with Crippen molar-refractivity contribution < 1.29 is 14.3 Å². The largest absolute Gasteiger partial charge is 0.360 e. The number of hydrogen-bond acceptors (Lipinski definition) is 6. The summed E-state index contributed by atoms with van der Waals surface area (Å²) in [5, 5.41) is 11.6. The number of nitrogens with zero attached hydrogens (tertiary/aromatic N) is 4. The Bertz CT molecular complexity index is 763. The van der Waals surface area contributed by atoms with Crippen LogP contribution in [0.25, 0.3) is 0 Å². The number of ether oxygens (including phenoxy) is 1. The molecular formula is C17H23N5O3S. The van der Waals surface area contributed by atoms with Crippen molar-refractivity contribution in [3.8, 4) is 0 Å². The fourth-order valence-electron chi connectivity index (χ4n) is 4.10. The first-order chi connectivity index (χ1) is 12.4. The lowest BCUT2D eigenvalue weighted by atomic mass is 9.77. The molecule has 1 aromatic rings. The summed E-state index contributed by atoms with van der Waals surface area (Å²) in [7, 11) is 1.88. The molecular weight excluding hydrogens is 354 g/mol. The normalized spacial score (nSPS) is 31.9. The highest BCUT2D eigenvalue weighted by atomic mass is 32.2. The van der Waals surface area contributed by atoms with Gasteiger partial charge in [-0.05, 0) is 13.8 Å². The van der Waals surface area contributed by atoms with Crippen LogP contribution in [0.5, 0.6) is 0 Å². The summed E-state index contributed by atoms with van der Waals surface area (Å²) < 4.78 is 7.92. The molecule has 2 amide bonds. The molecule has 3 aliphatic rings. The van der Waals surface area contributed by atoms with E-state index >= 15 is 0 Å². The number of carbonyl (C=O) groups excluding carboxylic acids is 2. The Morgan fingerprint density at radius 2 is 2.35 bits per heavy atom. The molecule has 26 heavy (non-hydrogen) atoms. The second-order valence-corrected chi connectivity index (χ2v) is 8.39. The quantitative estimate of drug-likeness (QED) is 0.433. The lowest BCUT2D eigenvalue weighted by Crippen LogP contribution is -2.45. The predicted molar refractivity (Wildman–Crippen MR) is 95.3 cm³/mol. The Labute approximate surface area is 156 Å². The van der Waals surface area contributed by atoms with Gasteiger partial charge in [0, 0.05) is 25.4 Å². The van der Waals surface area contributed by atoms with E-state index in [1.807, 2.05) is 42.5 Å². The molecule has 4 rings (SSSR count). The molecule has 2 bridgehead atoms. The van der Waals surface area contributed by atoms with Gasteiger partial charge < -0.3 is 19.5 Å². The molecule has 9 heteroatoms. The number of amides is 2. The van der Waals surface area contributed by atoms with Gasteiger partial charge in [-0.1, -0.05) is 23.9 Å². The smallest absolute Gasteiger partial charge is 0.230 e. The minimum atomic E-state index is -0.624. The van der Waals surface area contributed by atoms with Crippen molar-refractivity contribution in [2.24, 2.45) is 18.9 Å². The fourth-order valence-corrected chi connectivity index (χ4v) is 4.84. The van der Waals surface area contributed by atoms with Gasteiger partial charge in [-0.3, -0.25) is 9.59 Å². The van der Waals surface area contributed by atoms with E-state index < -0.39 is 17.4 Å². The third kappa shape index (κ3) is 2.64. The summed E-state index contributed by atoms with van der Waals surface area (Å²) in [4.78, 5) is 27.5. The molecule has 1 N–H and O–H groups in total. The van der Waals surface area contributed by atoms with E-state index in [0.717, 1.165) is 5.16 Å². The summed E-state index contributed by atoms with van der Waals surface area (Å²) in [5.74, 6) is -0.250. The molecule has 1 spiro atoms. The van der Waals surface area contributed by atoms with E-state index in [1.165, 1.54) is 11.8 Å². The van der Waals surface area contributed by atoms with Gasteiger partial charge in [-0.2, -0.15) is 0 Å². The van der Waals surface area contributed by atoms with Gasteiger partial charge in [0.2, 0.25) is 11.8 Å². The van der Waals surface area contributed by atoms with Gasteiger partial charge in [0.25, 0.3) is 0 Å². The average Bonchev–Trinajstić information content (AvgIpc) is 3.33. The molecule has 140 valence electrons. The van der Waals surface area contributed by atoms with Crippen molar-refractivity contribution in [2.75, 3.05) is 18.8 Å². The third-order valence-electron chi connectivity index (χ3n) is 5.36. The van der Waals surface area contributed by atoms with Gasteiger partial charge in [0.1, 0.15) is 11.9 Å². The van der Waals surface area contributed by atoms with Crippen LogP contribution in [0.3, 0.4) is 0 Å². The van der Waals surface area contributed by atoms with Gasteiger partial charge in [-0.25, -0.2) is 0 Å². The minimum Gasteiger partial charge on any atom is -0.360 e. The highest BCUT2D eigenvalue weighted by Gasteiger charge is 2.66. The van der Waals surface area contributed by atoms with Crippen molar-refractivity contribution >= 4 is 23.6 Å². The number of likely N-dealkylation sites (tertiary alicyclic amines) is 1. The number of aromatic nitrogens is 3. The first-order valence-corrected chi connectivity index (χ1v) is 9.84. The Morgan fingerprint density at radius 1 is 1.54 bits per heavy atom. The van der Waals surface area contributed by atoms with Crippen LogP contribution < -0.4 is 5.32 Å². The van der Waals surface area contributed by atoms with Crippen LogP contribution in [0.4, 0.5) is 0 Å². The second kappa shape index (κ2) is 6.38. The summed E-state index contributed by atoms with van der Waals surface area (Å²) in [6.07, 6.45) is 5.26. The molecule has 4 heterocycles. The van der Waals surface area contributed by atoms with E-state index in [2.05, 4.69) is 15.5 Å². The molecule has 0 aromatic carbocycles. The topological polar surface area (TPSA) is 89.3 Å². The van der Waals surface area contributed by atoms with Crippen molar-refractivity contribution in [2.45, 2.75) is 36.8 Å². The first kappa shape index (κ1) is 17.5. The number of rotatable bonds is 6. The Morgan fingerprint density at radius 3 is 3.04 bits per heavy atom. The fraction of sp³-hybridized carbons (Fsp3) is 0.647. The molecule has 4 atom stereocenters. The monoisotopic (exact) mass is 377 g/mol. The summed E-state index contributed by atoms with van der Waals surface area (Å²) >= 11 is 1.53. The summed E-state index contributed by atoms with van der Waals surface area (Å²) in [5.41, 5.74) is -0.624. The van der Waals surface area contributed by atoms with Crippen LogP contribution in [0.15, 0.2) is 23.6 Å². The number of nitrogens with one attached hydrogen (secondary N) is 1. The summed E-state index contributed by atoms with van der Waals surface area (Å²) in [6.45, 7) is 5.02. The lowest BCUT2D eigenvalue weighted by Gasteiger charge is -2.24. The number of thioether (sulfide) groups is 1. The van der Waals surface area contributed by atoms with Gasteiger partial charge in [0.05, 0.1) is 24.5 Å². The summed E-state index contributed by atoms with van der Waals surface area (Å²) in [6, 6.07) is 0.102. The molecule has 1 aromatic heterocycles. The SMILES string of the molecule is CC(C)N1C[C@]23C=C[C@H](O2)[C@H](C(=O)NCCSc2nncn2C)[C@@H]3C1=O. The molecule has 8 nitrogen and oxygen atoms in total. The number of hydrogen-bond donors (Lipinski definition) is 1. The average molecular weight is 377 g/mol. The van der Waals surface area contributed by atoms with E-state index in [1.54, 1.807) is 6.33 Å². The van der Waals surface area contributed by atoms with Crippen molar-refractivity contribution in [1.29, 1.82) is 0 Å². The molecule has 3 aliphatic heterocycles. The first-order valence-electron chi connectivity index (χ1n) is 8.85. The molecule has 0 aliphatic carbocycles. The van der Waals surface area contributed by atoms with E-state index in [-0.39, 0.29) is 24.0 Å². The van der Waals surface area contributed by atoms with Crippen LogP contribution in [0.2, 0.25) is 0 Å². The number of fused-ring (bicyclic) bond motifs is 1. The lowest BCUT2D eigenvalue weighted by molar-refractivity contribution is -0.138. The van der Waals surface area contributed by atoms with Crippen LogP contribution in [-0.4, -0.2) is 68.1 Å². The van der Waals surface area contributed by atoms with Gasteiger partial charge in [0.15, 0.2) is 5.16 Å². The molecule has 2 saturated heterocycles. The molecule has 0 saturated carbocycles.